The Morgan fingerprint density at radius 2 is 2.50 bits per heavy atom. The van der Waals surface area contributed by atoms with Crippen LogP contribution in [-0.4, -0.2) is 12.8 Å². The van der Waals surface area contributed by atoms with Crippen LogP contribution in [0.5, 0.6) is 0 Å². The number of nitrogens with one attached hydrogen (secondary N) is 1. The number of aliphatic imine (C=N–C) groups is 1. The zero-order chi connectivity index (χ0) is 7.40. The highest BCUT2D eigenvalue weighted by Gasteiger charge is 1.98. The molecule has 0 aromatic rings. The molecule has 0 aromatic heterocycles. The SMILES string of the molecule is C/C=N\C1=C(C)C=CCN1. The minimum absolute atomic E-state index is 0.893. The molecule has 0 saturated heterocycles. The molecule has 0 saturated carbocycles. The van der Waals surface area contributed by atoms with Crippen LogP contribution in [0.1, 0.15) is 13.8 Å². The lowest BCUT2D eigenvalue weighted by Gasteiger charge is -2.10. The van der Waals surface area contributed by atoms with Crippen LogP contribution in [0, 0.1) is 0 Å². The molecule has 2 heteroatoms. The molecule has 1 rings (SSSR count). The van der Waals surface area contributed by atoms with Gasteiger partial charge in [0.15, 0.2) is 0 Å². The van der Waals surface area contributed by atoms with Gasteiger partial charge in [-0.15, -0.1) is 0 Å². The van der Waals surface area contributed by atoms with Crippen molar-refractivity contribution in [2.45, 2.75) is 13.8 Å². The van der Waals surface area contributed by atoms with E-state index in [4.69, 9.17) is 0 Å². The summed E-state index contributed by atoms with van der Waals surface area (Å²) in [6.07, 6.45) is 5.97. The monoisotopic (exact) mass is 136 g/mol. The average Bonchev–Trinajstić information content (AvgIpc) is 1.94. The van der Waals surface area contributed by atoms with Gasteiger partial charge in [0.25, 0.3) is 0 Å². The predicted molar refractivity (Wildman–Crippen MR) is 44.0 cm³/mol. The van der Waals surface area contributed by atoms with Crippen LogP contribution < -0.4 is 5.32 Å². The summed E-state index contributed by atoms with van der Waals surface area (Å²) in [5.74, 6) is 0.991. The van der Waals surface area contributed by atoms with E-state index in [2.05, 4.69) is 22.5 Å². The first-order valence-corrected chi connectivity index (χ1v) is 3.44. The molecule has 0 aliphatic carbocycles. The van der Waals surface area contributed by atoms with Crippen LogP contribution in [-0.2, 0) is 0 Å². The first-order valence-electron chi connectivity index (χ1n) is 3.44. The van der Waals surface area contributed by atoms with Crippen molar-refractivity contribution in [3.8, 4) is 0 Å². The summed E-state index contributed by atoms with van der Waals surface area (Å²) in [4.78, 5) is 4.16. The minimum atomic E-state index is 0.893. The average molecular weight is 136 g/mol. The van der Waals surface area contributed by atoms with E-state index in [0.29, 0.717) is 0 Å². The van der Waals surface area contributed by atoms with Crippen LogP contribution in [0.15, 0.2) is 28.5 Å². The van der Waals surface area contributed by atoms with Gasteiger partial charge in [0.2, 0.25) is 0 Å². The third-order valence-electron chi connectivity index (χ3n) is 1.39. The summed E-state index contributed by atoms with van der Waals surface area (Å²) in [5.41, 5.74) is 1.20. The van der Waals surface area contributed by atoms with Gasteiger partial charge in [0.1, 0.15) is 5.82 Å². The normalized spacial score (nSPS) is 18.2. The summed E-state index contributed by atoms with van der Waals surface area (Å²) in [7, 11) is 0. The number of dihydropyridines is 1. The quantitative estimate of drug-likeness (QED) is 0.542. The van der Waals surface area contributed by atoms with E-state index in [9.17, 15) is 0 Å². The maximum atomic E-state index is 4.16. The Morgan fingerprint density at radius 3 is 3.10 bits per heavy atom. The summed E-state index contributed by atoms with van der Waals surface area (Å²) < 4.78 is 0. The lowest BCUT2D eigenvalue weighted by atomic mass is 10.2. The molecule has 2 nitrogen and oxygen atoms in total. The van der Waals surface area contributed by atoms with Crippen molar-refractivity contribution in [3.05, 3.63) is 23.5 Å². The fourth-order valence-electron chi connectivity index (χ4n) is 0.886. The first kappa shape index (κ1) is 7.06. The molecule has 1 aliphatic heterocycles. The lowest BCUT2D eigenvalue weighted by molar-refractivity contribution is 0.857. The molecule has 0 spiro atoms. The lowest BCUT2D eigenvalue weighted by Crippen LogP contribution is -2.16. The van der Waals surface area contributed by atoms with Gasteiger partial charge in [-0.25, -0.2) is 4.99 Å². The minimum Gasteiger partial charge on any atom is -0.366 e. The van der Waals surface area contributed by atoms with Crippen LogP contribution in [0.3, 0.4) is 0 Å². The topological polar surface area (TPSA) is 24.4 Å². The Balaban J connectivity index is 2.79. The molecular formula is C8H12N2. The smallest absolute Gasteiger partial charge is 0.128 e. The molecule has 0 fully saturated rings. The largest absolute Gasteiger partial charge is 0.366 e. The molecule has 1 aliphatic rings. The highest BCUT2D eigenvalue weighted by molar-refractivity contribution is 5.55. The molecule has 1 N–H and O–H groups in total. The van der Waals surface area contributed by atoms with E-state index >= 15 is 0 Å². The highest BCUT2D eigenvalue weighted by atomic mass is 15.0. The van der Waals surface area contributed by atoms with Crippen LogP contribution >= 0.6 is 0 Å². The van der Waals surface area contributed by atoms with E-state index in [-0.39, 0.29) is 0 Å². The Kier molecular flexibility index (Phi) is 2.26. The second-order valence-corrected chi connectivity index (χ2v) is 2.20. The van der Waals surface area contributed by atoms with E-state index in [1.807, 2.05) is 13.8 Å². The van der Waals surface area contributed by atoms with Gasteiger partial charge < -0.3 is 5.32 Å². The van der Waals surface area contributed by atoms with E-state index < -0.39 is 0 Å². The molecule has 0 bridgehead atoms. The van der Waals surface area contributed by atoms with Crippen LogP contribution in [0.2, 0.25) is 0 Å². The Morgan fingerprint density at radius 1 is 1.70 bits per heavy atom. The molecule has 0 aromatic carbocycles. The standard InChI is InChI=1S/C8H12N2/c1-3-9-8-7(2)5-4-6-10-8/h3-5,10H,6H2,1-2H3/b9-3-. The van der Waals surface area contributed by atoms with Crippen molar-refractivity contribution in [1.82, 2.24) is 5.32 Å². The Bertz CT molecular complexity index is 199. The van der Waals surface area contributed by atoms with Gasteiger partial charge >= 0.3 is 0 Å². The zero-order valence-corrected chi connectivity index (χ0v) is 6.39. The zero-order valence-electron chi connectivity index (χ0n) is 6.39. The van der Waals surface area contributed by atoms with Crippen molar-refractivity contribution in [1.29, 1.82) is 0 Å². The van der Waals surface area contributed by atoms with E-state index in [1.54, 1.807) is 6.21 Å². The summed E-state index contributed by atoms with van der Waals surface area (Å²) in [6.45, 7) is 4.86. The van der Waals surface area contributed by atoms with Gasteiger partial charge in [0, 0.05) is 12.8 Å². The number of hydrogen-bond donors (Lipinski definition) is 1. The molecule has 54 valence electrons. The van der Waals surface area contributed by atoms with Crippen LogP contribution in [0.4, 0.5) is 0 Å². The highest BCUT2D eigenvalue weighted by Crippen LogP contribution is 2.06. The number of nitrogens with zero attached hydrogens (tertiary/aromatic N) is 1. The number of hydrogen-bond acceptors (Lipinski definition) is 2. The second kappa shape index (κ2) is 3.20. The maximum absolute atomic E-state index is 4.16. The van der Waals surface area contributed by atoms with Gasteiger partial charge in [-0.05, 0) is 19.4 Å². The fourth-order valence-corrected chi connectivity index (χ4v) is 0.886. The van der Waals surface area contributed by atoms with Gasteiger partial charge in [-0.2, -0.15) is 0 Å². The third kappa shape index (κ3) is 1.47. The van der Waals surface area contributed by atoms with Crippen molar-refractivity contribution < 1.29 is 0 Å². The molecule has 0 unspecified atom stereocenters. The molecule has 0 radical (unpaired) electrons. The Labute approximate surface area is 61.4 Å². The summed E-state index contributed by atoms with van der Waals surface area (Å²) in [5, 5.41) is 3.16. The van der Waals surface area contributed by atoms with Gasteiger partial charge in [-0.3, -0.25) is 0 Å². The van der Waals surface area contributed by atoms with E-state index in [0.717, 1.165) is 12.4 Å². The second-order valence-electron chi connectivity index (χ2n) is 2.20. The van der Waals surface area contributed by atoms with Crippen LogP contribution in [0.25, 0.3) is 0 Å². The third-order valence-corrected chi connectivity index (χ3v) is 1.39. The summed E-state index contributed by atoms with van der Waals surface area (Å²) in [6, 6.07) is 0. The molecule has 0 amide bonds. The number of rotatable bonds is 1. The molecule has 10 heavy (non-hydrogen) atoms. The van der Waals surface area contributed by atoms with Crippen molar-refractivity contribution in [2.24, 2.45) is 4.99 Å². The summed E-state index contributed by atoms with van der Waals surface area (Å²) >= 11 is 0. The first-order chi connectivity index (χ1) is 4.84. The molecular weight excluding hydrogens is 124 g/mol. The van der Waals surface area contributed by atoms with Gasteiger partial charge in [0.05, 0.1) is 0 Å². The maximum Gasteiger partial charge on any atom is 0.128 e. The fraction of sp³-hybridized carbons (Fsp3) is 0.375. The van der Waals surface area contributed by atoms with Crippen molar-refractivity contribution >= 4 is 6.21 Å². The van der Waals surface area contributed by atoms with Crippen molar-refractivity contribution in [2.75, 3.05) is 6.54 Å². The Hall–Kier alpha value is -1.05. The molecule has 0 atom stereocenters. The van der Waals surface area contributed by atoms with E-state index in [1.165, 1.54) is 5.57 Å². The number of allylic oxidation sites excluding steroid dienone is 2. The predicted octanol–water partition coefficient (Wildman–Crippen LogP) is 1.47. The van der Waals surface area contributed by atoms with Gasteiger partial charge in [-0.1, -0.05) is 12.2 Å². The van der Waals surface area contributed by atoms with Crippen molar-refractivity contribution in [3.63, 3.8) is 0 Å². The molecule has 1 heterocycles.